The van der Waals surface area contributed by atoms with Crippen LogP contribution in [0.3, 0.4) is 0 Å². The normalized spacial score (nSPS) is 17.5. The Bertz CT molecular complexity index is 811. The average molecular weight is 361 g/mol. The Morgan fingerprint density at radius 2 is 1.58 bits per heavy atom. The number of hydrogen-bond donors (Lipinski definition) is 1. The van der Waals surface area contributed by atoms with Gasteiger partial charge in [-0.1, -0.05) is 23.2 Å². The molecule has 0 spiro atoms. The first kappa shape index (κ1) is 15.8. The maximum atomic E-state index is 6.26. The average Bonchev–Trinajstić information content (AvgIpc) is 2.72. The van der Waals surface area contributed by atoms with Gasteiger partial charge in [0.15, 0.2) is 0 Å². The van der Waals surface area contributed by atoms with E-state index in [2.05, 4.69) is 22.2 Å². The van der Waals surface area contributed by atoms with E-state index in [4.69, 9.17) is 28.2 Å². The Kier molecular flexibility index (Phi) is 4.12. The minimum Gasteiger partial charge on any atom is -0.353 e. The number of benzene rings is 2. The smallest absolute Gasteiger partial charge is 0.138 e. The summed E-state index contributed by atoms with van der Waals surface area (Å²) in [5.74, 6) is 0.953. The van der Waals surface area contributed by atoms with Crippen molar-refractivity contribution in [2.24, 2.45) is 4.99 Å². The highest BCUT2D eigenvalue weighted by Crippen LogP contribution is 2.37. The Morgan fingerprint density at radius 3 is 2.33 bits per heavy atom. The third kappa shape index (κ3) is 2.97. The third-order valence-corrected chi connectivity index (χ3v) is 4.95. The molecular weight excluding hydrogens is 343 g/mol. The van der Waals surface area contributed by atoms with Crippen LogP contribution >= 0.6 is 23.2 Å². The standard InChI is InChI=1S/C18H18Cl2N4/c1-23-6-8-24(9-7-23)18-14-10-12(19)2-4-15(14)21-16-5-3-13(20)11-17(16)22-18/h2-5,10-11,21H,6-9H2,1H3. The molecule has 1 N–H and O–H groups in total. The quantitative estimate of drug-likeness (QED) is 0.756. The molecule has 0 radical (unpaired) electrons. The summed E-state index contributed by atoms with van der Waals surface area (Å²) in [7, 11) is 2.15. The maximum absolute atomic E-state index is 6.26. The van der Waals surface area contributed by atoms with Gasteiger partial charge in [-0.05, 0) is 43.4 Å². The van der Waals surface area contributed by atoms with E-state index in [1.54, 1.807) is 0 Å². The number of hydrogen-bond acceptors (Lipinski definition) is 4. The largest absolute Gasteiger partial charge is 0.353 e. The Labute approximate surface area is 151 Å². The van der Waals surface area contributed by atoms with Crippen LogP contribution in [0.4, 0.5) is 17.1 Å². The molecule has 2 heterocycles. The van der Waals surface area contributed by atoms with Crippen molar-refractivity contribution in [2.45, 2.75) is 0 Å². The van der Waals surface area contributed by atoms with E-state index < -0.39 is 0 Å². The van der Waals surface area contributed by atoms with Gasteiger partial charge in [0.1, 0.15) is 5.84 Å². The minimum absolute atomic E-state index is 0.681. The molecule has 2 aromatic rings. The molecule has 2 aromatic carbocycles. The van der Waals surface area contributed by atoms with Gasteiger partial charge in [-0.15, -0.1) is 0 Å². The topological polar surface area (TPSA) is 30.9 Å². The van der Waals surface area contributed by atoms with Crippen LogP contribution in [0.15, 0.2) is 41.4 Å². The summed E-state index contributed by atoms with van der Waals surface area (Å²) >= 11 is 12.4. The van der Waals surface area contributed by atoms with E-state index >= 15 is 0 Å². The fourth-order valence-electron chi connectivity index (χ4n) is 3.09. The van der Waals surface area contributed by atoms with Crippen molar-refractivity contribution < 1.29 is 0 Å². The summed E-state index contributed by atoms with van der Waals surface area (Å²) in [4.78, 5) is 9.60. The summed E-state index contributed by atoms with van der Waals surface area (Å²) in [5.41, 5.74) is 3.84. The second kappa shape index (κ2) is 6.28. The summed E-state index contributed by atoms with van der Waals surface area (Å²) in [6.07, 6.45) is 0. The molecule has 124 valence electrons. The molecule has 1 saturated heterocycles. The van der Waals surface area contributed by atoms with Crippen molar-refractivity contribution in [3.63, 3.8) is 0 Å². The van der Waals surface area contributed by atoms with Crippen LogP contribution in [0.5, 0.6) is 0 Å². The summed E-state index contributed by atoms with van der Waals surface area (Å²) in [6.45, 7) is 3.92. The van der Waals surface area contributed by atoms with E-state index in [0.717, 1.165) is 54.6 Å². The fraction of sp³-hybridized carbons (Fsp3) is 0.278. The minimum atomic E-state index is 0.681. The van der Waals surface area contributed by atoms with Gasteiger partial charge in [0.25, 0.3) is 0 Å². The molecule has 0 atom stereocenters. The van der Waals surface area contributed by atoms with E-state index in [0.29, 0.717) is 10.0 Å². The molecule has 4 nitrogen and oxygen atoms in total. The number of fused-ring (bicyclic) bond motifs is 2. The van der Waals surface area contributed by atoms with Gasteiger partial charge in [-0.3, -0.25) is 0 Å². The van der Waals surface area contributed by atoms with Crippen LogP contribution in [0.1, 0.15) is 5.56 Å². The lowest BCUT2D eigenvalue weighted by atomic mass is 10.1. The summed E-state index contributed by atoms with van der Waals surface area (Å²) < 4.78 is 0. The van der Waals surface area contributed by atoms with Crippen LogP contribution in [-0.4, -0.2) is 48.9 Å². The Morgan fingerprint density at radius 1 is 0.917 bits per heavy atom. The number of nitrogens with zero attached hydrogens (tertiary/aromatic N) is 3. The van der Waals surface area contributed by atoms with Crippen molar-refractivity contribution in [2.75, 3.05) is 38.5 Å². The molecule has 0 aromatic heterocycles. The molecule has 6 heteroatoms. The van der Waals surface area contributed by atoms with E-state index in [1.165, 1.54) is 0 Å². The van der Waals surface area contributed by atoms with Gasteiger partial charge in [0, 0.05) is 47.5 Å². The molecular formula is C18H18Cl2N4. The first-order valence-corrected chi connectivity index (χ1v) is 8.74. The maximum Gasteiger partial charge on any atom is 0.138 e. The van der Waals surface area contributed by atoms with Gasteiger partial charge in [-0.25, -0.2) is 4.99 Å². The molecule has 2 aliphatic heterocycles. The van der Waals surface area contributed by atoms with E-state index in [-0.39, 0.29) is 0 Å². The third-order valence-electron chi connectivity index (χ3n) is 4.48. The predicted octanol–water partition coefficient (Wildman–Crippen LogP) is 4.38. The fourth-order valence-corrected chi connectivity index (χ4v) is 3.43. The molecule has 0 amide bonds. The highest BCUT2D eigenvalue weighted by atomic mass is 35.5. The number of piperazine rings is 1. The SMILES string of the molecule is CN1CCN(C2=Nc3cc(Cl)ccc3Nc3ccc(Cl)cc32)CC1. The lowest BCUT2D eigenvalue weighted by Crippen LogP contribution is -2.47. The monoisotopic (exact) mass is 360 g/mol. The summed E-state index contributed by atoms with van der Waals surface area (Å²) in [6, 6.07) is 11.6. The van der Waals surface area contributed by atoms with Crippen molar-refractivity contribution in [1.82, 2.24) is 9.80 Å². The van der Waals surface area contributed by atoms with Crippen LogP contribution in [0.25, 0.3) is 0 Å². The zero-order chi connectivity index (χ0) is 16.7. The second-order valence-corrected chi connectivity index (χ2v) is 7.07. The molecule has 0 aliphatic carbocycles. The van der Waals surface area contributed by atoms with E-state index in [1.807, 2.05) is 36.4 Å². The Hall–Kier alpha value is -1.75. The zero-order valence-corrected chi connectivity index (χ0v) is 14.9. The first-order valence-electron chi connectivity index (χ1n) is 7.99. The predicted molar refractivity (Wildman–Crippen MR) is 101 cm³/mol. The molecule has 4 rings (SSSR count). The summed E-state index contributed by atoms with van der Waals surface area (Å²) in [5, 5.41) is 4.86. The Balaban J connectivity index is 1.85. The van der Waals surface area contributed by atoms with Gasteiger partial charge in [0.05, 0.1) is 11.4 Å². The molecule has 0 unspecified atom stereocenters. The van der Waals surface area contributed by atoms with Gasteiger partial charge in [0.2, 0.25) is 0 Å². The van der Waals surface area contributed by atoms with Crippen LogP contribution in [0.2, 0.25) is 10.0 Å². The first-order chi connectivity index (χ1) is 11.6. The lowest BCUT2D eigenvalue weighted by Gasteiger charge is -2.34. The van der Waals surface area contributed by atoms with Gasteiger partial charge < -0.3 is 15.1 Å². The van der Waals surface area contributed by atoms with Crippen LogP contribution in [0, 0.1) is 0 Å². The van der Waals surface area contributed by atoms with Crippen molar-refractivity contribution in [3.05, 3.63) is 52.0 Å². The highest BCUT2D eigenvalue weighted by molar-refractivity contribution is 6.31. The van der Waals surface area contributed by atoms with Gasteiger partial charge in [-0.2, -0.15) is 0 Å². The number of aliphatic imine (C=N–C) groups is 1. The van der Waals surface area contributed by atoms with Crippen LogP contribution < -0.4 is 5.32 Å². The molecule has 0 saturated carbocycles. The number of likely N-dealkylation sites (N-methyl/N-ethyl adjacent to an activating group) is 1. The highest BCUT2D eigenvalue weighted by Gasteiger charge is 2.24. The zero-order valence-electron chi connectivity index (χ0n) is 13.4. The molecule has 2 aliphatic rings. The van der Waals surface area contributed by atoms with Crippen molar-refractivity contribution >= 4 is 46.1 Å². The van der Waals surface area contributed by atoms with Gasteiger partial charge >= 0.3 is 0 Å². The number of anilines is 2. The number of nitrogens with one attached hydrogen (secondary N) is 1. The molecule has 0 bridgehead atoms. The van der Waals surface area contributed by atoms with Crippen LogP contribution in [-0.2, 0) is 0 Å². The second-order valence-electron chi connectivity index (χ2n) is 6.20. The molecule has 24 heavy (non-hydrogen) atoms. The van der Waals surface area contributed by atoms with Crippen molar-refractivity contribution in [1.29, 1.82) is 0 Å². The van der Waals surface area contributed by atoms with Crippen molar-refractivity contribution in [3.8, 4) is 0 Å². The molecule has 1 fully saturated rings. The number of halogens is 2. The lowest BCUT2D eigenvalue weighted by molar-refractivity contribution is 0.216. The van der Waals surface area contributed by atoms with E-state index in [9.17, 15) is 0 Å². The number of rotatable bonds is 0. The number of amidine groups is 1.